The summed E-state index contributed by atoms with van der Waals surface area (Å²) in [5, 5.41) is 10.9. The number of aryl methyl sites for hydroxylation is 1. The van der Waals surface area contributed by atoms with Crippen LogP contribution in [0.3, 0.4) is 0 Å². The number of nitrogens with zero attached hydrogens (tertiary/aromatic N) is 1. The van der Waals surface area contributed by atoms with E-state index < -0.39 is 43.3 Å². The van der Waals surface area contributed by atoms with E-state index in [0.717, 1.165) is 11.6 Å². The minimum atomic E-state index is -4.42. The second-order valence-corrected chi connectivity index (χ2v) is 9.28. The van der Waals surface area contributed by atoms with Crippen LogP contribution in [-0.2, 0) is 30.3 Å². The van der Waals surface area contributed by atoms with Gasteiger partial charge < -0.3 is 4.74 Å². The van der Waals surface area contributed by atoms with Crippen LogP contribution in [-0.4, -0.2) is 31.0 Å². The molecule has 2 rings (SSSR count). The van der Waals surface area contributed by atoms with Gasteiger partial charge in [-0.05, 0) is 51.7 Å². The number of nitro benzene ring substituents is 1. The molecule has 0 aromatic heterocycles. The van der Waals surface area contributed by atoms with Crippen molar-refractivity contribution in [1.82, 2.24) is 0 Å². The quantitative estimate of drug-likeness (QED) is 0.253. The zero-order chi connectivity index (χ0) is 22.4. The van der Waals surface area contributed by atoms with Gasteiger partial charge in [0.25, 0.3) is 15.8 Å². The van der Waals surface area contributed by atoms with Gasteiger partial charge in [-0.2, -0.15) is 8.42 Å². The average molecular weight is 435 g/mol. The van der Waals surface area contributed by atoms with Gasteiger partial charge in [-0.25, -0.2) is 4.79 Å². The van der Waals surface area contributed by atoms with Crippen molar-refractivity contribution in [2.45, 2.75) is 56.6 Å². The number of hydrogen-bond donors (Lipinski definition) is 0. The number of hydrogen-bond acceptors (Lipinski definition) is 7. The molecule has 8 nitrogen and oxygen atoms in total. The Morgan fingerprint density at radius 2 is 1.77 bits per heavy atom. The molecule has 162 valence electrons. The highest BCUT2D eigenvalue weighted by atomic mass is 32.2. The number of non-ortho nitro benzene ring substituents is 1. The first kappa shape index (κ1) is 23.5. The van der Waals surface area contributed by atoms with Crippen molar-refractivity contribution in [1.29, 1.82) is 0 Å². The summed E-state index contributed by atoms with van der Waals surface area (Å²) >= 11 is 0. The van der Waals surface area contributed by atoms with Gasteiger partial charge in [0, 0.05) is 12.1 Å². The van der Waals surface area contributed by atoms with E-state index in [9.17, 15) is 23.3 Å². The maximum absolute atomic E-state index is 12.7. The minimum Gasteiger partial charge on any atom is -0.458 e. The predicted octanol–water partition coefficient (Wildman–Crippen LogP) is 4.03. The van der Waals surface area contributed by atoms with Crippen LogP contribution in [0, 0.1) is 10.1 Å². The first-order valence-corrected chi connectivity index (χ1v) is 10.8. The summed E-state index contributed by atoms with van der Waals surface area (Å²) in [6.07, 6.45) is -0.145. The molecule has 0 aliphatic carbocycles. The summed E-state index contributed by atoms with van der Waals surface area (Å²) in [5.41, 5.74) is -0.174. The summed E-state index contributed by atoms with van der Waals surface area (Å²) in [7, 11) is -4.42. The average Bonchev–Trinajstić information content (AvgIpc) is 2.66. The van der Waals surface area contributed by atoms with E-state index in [1.807, 2.05) is 30.3 Å². The zero-order valence-corrected chi connectivity index (χ0v) is 17.9. The van der Waals surface area contributed by atoms with E-state index in [1.165, 1.54) is 18.2 Å². The van der Waals surface area contributed by atoms with Crippen molar-refractivity contribution >= 4 is 21.8 Å². The summed E-state index contributed by atoms with van der Waals surface area (Å²) in [4.78, 5) is 22.4. The molecule has 0 unspecified atom stereocenters. The normalized spacial score (nSPS) is 12.9. The minimum absolute atomic E-state index is 0.109. The van der Waals surface area contributed by atoms with Crippen molar-refractivity contribution in [2.75, 3.05) is 0 Å². The van der Waals surface area contributed by atoms with Crippen LogP contribution in [0.1, 0.15) is 39.2 Å². The molecule has 0 aliphatic heterocycles. The third-order valence-corrected chi connectivity index (χ3v) is 5.32. The summed E-state index contributed by atoms with van der Waals surface area (Å²) in [6, 6.07) is 14.0. The molecule has 0 aliphatic rings. The molecular formula is C21H25NO7S. The fraction of sp³-hybridized carbons (Fsp3) is 0.381. The number of ether oxygens (including phenoxy) is 1. The Morgan fingerprint density at radius 3 is 2.37 bits per heavy atom. The fourth-order valence-electron chi connectivity index (χ4n) is 2.67. The monoisotopic (exact) mass is 435 g/mol. The third kappa shape index (κ3) is 7.23. The van der Waals surface area contributed by atoms with Crippen LogP contribution in [0.25, 0.3) is 0 Å². The molecule has 0 fully saturated rings. The molecule has 1 atom stereocenters. The maximum atomic E-state index is 12.7. The van der Waals surface area contributed by atoms with Gasteiger partial charge >= 0.3 is 5.97 Å². The SMILES string of the molecule is CC(C)(C)OC(=O)[C@@H](CCCc1ccccc1)OS(=O)(=O)c1cccc([N+](=O)[O-])c1. The van der Waals surface area contributed by atoms with E-state index in [4.69, 9.17) is 8.92 Å². The lowest BCUT2D eigenvalue weighted by atomic mass is 10.1. The van der Waals surface area contributed by atoms with E-state index in [-0.39, 0.29) is 6.42 Å². The lowest BCUT2D eigenvalue weighted by Crippen LogP contribution is -2.35. The van der Waals surface area contributed by atoms with Crippen LogP contribution in [0.5, 0.6) is 0 Å². The molecule has 0 bridgehead atoms. The Kier molecular flexibility index (Phi) is 7.69. The lowest BCUT2D eigenvalue weighted by molar-refractivity contribution is -0.385. The molecule has 0 heterocycles. The summed E-state index contributed by atoms with van der Waals surface area (Å²) in [6.45, 7) is 5.00. The van der Waals surface area contributed by atoms with Crippen molar-refractivity contribution in [3.05, 3.63) is 70.3 Å². The second-order valence-electron chi connectivity index (χ2n) is 7.70. The van der Waals surface area contributed by atoms with E-state index in [0.29, 0.717) is 12.8 Å². The van der Waals surface area contributed by atoms with Crippen LogP contribution in [0.2, 0.25) is 0 Å². The largest absolute Gasteiger partial charge is 0.458 e. The Balaban J connectivity index is 2.19. The van der Waals surface area contributed by atoms with E-state index in [2.05, 4.69) is 0 Å². The van der Waals surface area contributed by atoms with Gasteiger partial charge in [-0.1, -0.05) is 36.4 Å². The molecule has 2 aromatic carbocycles. The molecule has 0 spiro atoms. The topological polar surface area (TPSA) is 113 Å². The molecule has 0 saturated heterocycles. The number of nitro groups is 1. The van der Waals surface area contributed by atoms with Gasteiger partial charge in [0.05, 0.1) is 4.92 Å². The predicted molar refractivity (Wildman–Crippen MR) is 110 cm³/mol. The molecule has 0 saturated carbocycles. The third-order valence-electron chi connectivity index (χ3n) is 4.00. The van der Waals surface area contributed by atoms with Crippen molar-refractivity contribution in [2.24, 2.45) is 0 Å². The summed E-state index contributed by atoms with van der Waals surface area (Å²) in [5.74, 6) is -0.801. The molecule has 2 aromatic rings. The number of benzene rings is 2. The number of rotatable bonds is 9. The van der Waals surface area contributed by atoms with E-state index >= 15 is 0 Å². The van der Waals surface area contributed by atoms with Gasteiger partial charge in [-0.15, -0.1) is 0 Å². The van der Waals surface area contributed by atoms with Crippen LogP contribution in [0.15, 0.2) is 59.5 Å². The second kappa shape index (κ2) is 9.82. The summed E-state index contributed by atoms with van der Waals surface area (Å²) < 4.78 is 35.8. The Bertz CT molecular complexity index is 982. The van der Waals surface area contributed by atoms with Crippen molar-refractivity contribution in [3.8, 4) is 0 Å². The molecule has 30 heavy (non-hydrogen) atoms. The fourth-order valence-corrected chi connectivity index (χ4v) is 3.77. The molecule has 0 amide bonds. The van der Waals surface area contributed by atoms with Crippen molar-refractivity contribution < 1.29 is 27.1 Å². The number of carbonyl (C=O) groups is 1. The Labute approximate surface area is 176 Å². The van der Waals surface area contributed by atoms with Gasteiger partial charge in [0.2, 0.25) is 0 Å². The molecular weight excluding hydrogens is 410 g/mol. The van der Waals surface area contributed by atoms with Crippen LogP contribution >= 0.6 is 0 Å². The Morgan fingerprint density at radius 1 is 1.10 bits per heavy atom. The zero-order valence-electron chi connectivity index (χ0n) is 17.1. The lowest BCUT2D eigenvalue weighted by Gasteiger charge is -2.24. The number of carbonyl (C=O) groups excluding carboxylic acids is 1. The molecule has 0 radical (unpaired) electrons. The Hall–Kier alpha value is -2.78. The first-order valence-electron chi connectivity index (χ1n) is 9.42. The highest BCUT2D eigenvalue weighted by molar-refractivity contribution is 7.86. The maximum Gasteiger partial charge on any atom is 0.337 e. The molecule has 0 N–H and O–H groups in total. The smallest absolute Gasteiger partial charge is 0.337 e. The van der Waals surface area contributed by atoms with Gasteiger partial charge in [0.1, 0.15) is 10.5 Å². The highest BCUT2D eigenvalue weighted by Crippen LogP contribution is 2.23. The van der Waals surface area contributed by atoms with Gasteiger partial charge in [-0.3, -0.25) is 14.3 Å². The van der Waals surface area contributed by atoms with Crippen LogP contribution in [0.4, 0.5) is 5.69 Å². The van der Waals surface area contributed by atoms with Gasteiger partial charge in [0.15, 0.2) is 6.10 Å². The van der Waals surface area contributed by atoms with Crippen LogP contribution < -0.4 is 0 Å². The highest BCUT2D eigenvalue weighted by Gasteiger charge is 2.31. The van der Waals surface area contributed by atoms with E-state index in [1.54, 1.807) is 20.8 Å². The first-order chi connectivity index (χ1) is 14.0. The van der Waals surface area contributed by atoms with Crippen molar-refractivity contribution in [3.63, 3.8) is 0 Å². The standard InChI is InChI=1S/C21H25NO7S/c1-21(2,3)28-20(23)19(14-7-11-16-9-5-4-6-10-16)29-30(26,27)18-13-8-12-17(15-18)22(24)25/h4-6,8-10,12-13,15,19H,7,11,14H2,1-3H3/t19-/m1/s1. The molecule has 9 heteroatoms. The number of esters is 1.